The molecule has 0 aliphatic rings. The van der Waals surface area contributed by atoms with Crippen molar-refractivity contribution in [3.63, 3.8) is 0 Å². The fraction of sp³-hybridized carbons (Fsp3) is 0.444. The van der Waals surface area contributed by atoms with Crippen LogP contribution in [0.2, 0.25) is 0 Å². The Morgan fingerprint density at radius 2 is 1.38 bits per heavy atom. The largest absolute Gasteiger partial charge is 0.748 e. The van der Waals surface area contributed by atoms with Crippen molar-refractivity contribution in [2.24, 2.45) is 0 Å². The first kappa shape index (κ1) is 22.0. The van der Waals surface area contributed by atoms with Gasteiger partial charge >= 0.3 is 5.51 Å². The maximum Gasteiger partial charge on any atom is 0.485 e. The van der Waals surface area contributed by atoms with Gasteiger partial charge in [-0.25, -0.2) is 21.8 Å². The molecule has 0 unspecified atom stereocenters. The lowest BCUT2D eigenvalue weighted by molar-refractivity contribution is -0.377. The quantitative estimate of drug-likeness (QED) is 0.563. The first-order valence-corrected chi connectivity index (χ1v) is 8.16. The first-order valence-electron chi connectivity index (χ1n) is 5.18. The number of aromatic amines is 1. The number of pyridine rings is 1. The van der Waals surface area contributed by atoms with E-state index in [1.807, 2.05) is 30.6 Å². The lowest BCUT2D eigenvalue weighted by Crippen LogP contribution is -2.21. The van der Waals surface area contributed by atoms with Crippen LogP contribution in [0.15, 0.2) is 30.6 Å². The molecule has 7 nitrogen and oxygen atoms in total. The molecule has 0 atom stereocenters. The van der Waals surface area contributed by atoms with Crippen molar-refractivity contribution < 1.29 is 44.1 Å². The highest BCUT2D eigenvalue weighted by molar-refractivity contribution is 7.86. The summed E-state index contributed by atoms with van der Waals surface area (Å²) in [5, 5.41) is 0. The van der Waals surface area contributed by atoms with E-state index in [1.54, 1.807) is 6.92 Å². The van der Waals surface area contributed by atoms with Gasteiger partial charge in [-0.15, -0.1) is 0 Å². The monoisotopic (exact) mass is 352 g/mol. The molecule has 1 aromatic rings. The number of H-pyrrole nitrogens is 1. The van der Waals surface area contributed by atoms with Gasteiger partial charge in [0.25, 0.3) is 0 Å². The zero-order chi connectivity index (χ0) is 17.2. The molecule has 0 aromatic carbocycles. The van der Waals surface area contributed by atoms with Crippen LogP contribution in [-0.2, 0) is 20.2 Å². The van der Waals surface area contributed by atoms with Gasteiger partial charge in [0.15, 0.2) is 22.5 Å². The van der Waals surface area contributed by atoms with E-state index in [-0.39, 0.29) is 5.75 Å². The topological polar surface area (TPSA) is 129 Å². The van der Waals surface area contributed by atoms with Gasteiger partial charge in [0.05, 0.1) is 10.1 Å². The highest BCUT2D eigenvalue weighted by atomic mass is 32.2. The summed E-state index contributed by atoms with van der Waals surface area (Å²) in [7, 11) is -10.0. The van der Waals surface area contributed by atoms with Crippen LogP contribution < -0.4 is 4.98 Å². The minimum Gasteiger partial charge on any atom is -0.748 e. The first-order chi connectivity index (χ1) is 9.31. The van der Waals surface area contributed by atoms with E-state index in [4.69, 9.17) is 13.0 Å². The van der Waals surface area contributed by atoms with Gasteiger partial charge in [-0.05, 0) is 6.42 Å². The molecule has 0 spiro atoms. The highest BCUT2D eigenvalue weighted by Gasteiger charge is 2.36. The highest BCUT2D eigenvalue weighted by Crippen LogP contribution is 2.20. The Morgan fingerprint density at radius 3 is 1.43 bits per heavy atom. The van der Waals surface area contributed by atoms with Gasteiger partial charge in [0.1, 0.15) is 0 Å². The van der Waals surface area contributed by atoms with E-state index in [0.29, 0.717) is 6.42 Å². The Kier molecular flexibility index (Phi) is 10.1. The second-order valence-corrected chi connectivity index (χ2v) is 6.13. The molecular formula is C9H13F3NO6S2-. The summed E-state index contributed by atoms with van der Waals surface area (Å²) < 4.78 is 87.9. The summed E-state index contributed by atoms with van der Waals surface area (Å²) in [6.07, 6.45) is 4.16. The van der Waals surface area contributed by atoms with Crippen LogP contribution in [0, 0.1) is 0 Å². The van der Waals surface area contributed by atoms with E-state index in [1.165, 1.54) is 0 Å². The average molecular weight is 352 g/mol. The van der Waals surface area contributed by atoms with Gasteiger partial charge in [-0.1, -0.05) is 13.0 Å². The Labute approximate surface area is 120 Å². The molecule has 0 amide bonds. The lowest BCUT2D eigenvalue weighted by Gasteiger charge is -2.08. The van der Waals surface area contributed by atoms with E-state index in [2.05, 4.69) is 4.98 Å². The van der Waals surface area contributed by atoms with Crippen LogP contribution in [0.25, 0.3) is 0 Å². The van der Waals surface area contributed by atoms with Gasteiger partial charge in [0, 0.05) is 17.9 Å². The standard InChI is InChI=1S/C5H5N.C3H8O3S.CHF3O3S/c1-2-4-6-5-3-1;1-2-3-7(4,5)6;2-1(3,4)8(5,6)7/h1-5H;2-3H2,1H3,(H,4,5,6);(H,5,6,7)/p-1. The molecule has 0 saturated heterocycles. The second-order valence-electron chi connectivity index (χ2n) is 3.24. The van der Waals surface area contributed by atoms with Gasteiger partial charge in [-0.3, -0.25) is 0 Å². The van der Waals surface area contributed by atoms with Crippen LogP contribution in [-0.4, -0.2) is 37.2 Å². The second kappa shape index (κ2) is 9.65. The Morgan fingerprint density at radius 1 is 1.00 bits per heavy atom. The molecule has 0 saturated carbocycles. The molecule has 0 radical (unpaired) electrons. The van der Waals surface area contributed by atoms with Crippen LogP contribution in [0.3, 0.4) is 0 Å². The van der Waals surface area contributed by atoms with Gasteiger partial charge in [-0.2, -0.15) is 13.2 Å². The molecule has 1 N–H and O–H groups in total. The SMILES string of the molecule is CCCS(=O)(=O)[O-].O=S(=O)([O-])C(F)(F)F.c1cc[nH+]cc1. The van der Waals surface area contributed by atoms with Crippen LogP contribution in [0.1, 0.15) is 13.3 Å². The summed E-state index contributed by atoms with van der Waals surface area (Å²) in [4.78, 5) is 2.89. The summed E-state index contributed by atoms with van der Waals surface area (Å²) in [6.45, 7) is 1.65. The summed E-state index contributed by atoms with van der Waals surface area (Å²) in [6, 6.07) is 5.86. The summed E-state index contributed by atoms with van der Waals surface area (Å²) in [5.41, 5.74) is -5.65. The van der Waals surface area contributed by atoms with Crippen LogP contribution >= 0.6 is 0 Å². The minimum atomic E-state index is -6.09. The lowest BCUT2D eigenvalue weighted by atomic mass is 10.5. The molecular weight excluding hydrogens is 339 g/mol. The Bertz CT molecular complexity index is 545. The molecule has 0 aliphatic carbocycles. The maximum absolute atomic E-state index is 10.7. The van der Waals surface area contributed by atoms with E-state index >= 15 is 0 Å². The molecule has 12 heteroatoms. The smallest absolute Gasteiger partial charge is 0.485 e. The molecule has 0 bridgehead atoms. The molecule has 0 aliphatic heterocycles. The third-order valence-corrected chi connectivity index (χ3v) is 2.82. The predicted octanol–water partition coefficient (Wildman–Crippen LogP) is 0.494. The number of alkyl halides is 3. The Hall–Kier alpha value is -1.24. The zero-order valence-electron chi connectivity index (χ0n) is 10.7. The third-order valence-electron chi connectivity index (χ3n) is 1.34. The normalized spacial score (nSPS) is 11.5. The van der Waals surface area contributed by atoms with Crippen LogP contribution in [0.4, 0.5) is 13.2 Å². The average Bonchev–Trinajstić information content (AvgIpc) is 2.28. The van der Waals surface area contributed by atoms with E-state index < -0.39 is 25.7 Å². The van der Waals surface area contributed by atoms with Crippen molar-refractivity contribution in [2.75, 3.05) is 5.75 Å². The number of nitrogens with one attached hydrogen (secondary N) is 1. The van der Waals surface area contributed by atoms with Crippen molar-refractivity contribution in [1.29, 1.82) is 0 Å². The van der Waals surface area contributed by atoms with Crippen molar-refractivity contribution in [2.45, 2.75) is 18.9 Å². The fourth-order valence-electron chi connectivity index (χ4n) is 0.592. The molecule has 21 heavy (non-hydrogen) atoms. The minimum absolute atomic E-state index is 0.243. The maximum atomic E-state index is 10.7. The molecule has 1 rings (SSSR count). The van der Waals surface area contributed by atoms with E-state index in [9.17, 15) is 26.1 Å². The number of rotatable bonds is 2. The number of hydrogen-bond donors (Lipinski definition) is 0. The van der Waals surface area contributed by atoms with Gasteiger partial charge in [0.2, 0.25) is 0 Å². The Balaban J connectivity index is 0. The number of halogens is 3. The van der Waals surface area contributed by atoms with Crippen molar-refractivity contribution in [3.05, 3.63) is 30.6 Å². The van der Waals surface area contributed by atoms with E-state index in [0.717, 1.165) is 0 Å². The fourth-order valence-corrected chi connectivity index (χ4v) is 1.09. The molecule has 1 aromatic heterocycles. The number of hydrogen-bond acceptors (Lipinski definition) is 6. The molecule has 1 heterocycles. The van der Waals surface area contributed by atoms with Crippen molar-refractivity contribution in [3.8, 4) is 0 Å². The summed E-state index contributed by atoms with van der Waals surface area (Å²) >= 11 is 0. The zero-order valence-corrected chi connectivity index (χ0v) is 12.3. The van der Waals surface area contributed by atoms with Crippen molar-refractivity contribution >= 4 is 20.2 Å². The number of aromatic nitrogens is 1. The third kappa shape index (κ3) is 16.7. The molecule has 124 valence electrons. The van der Waals surface area contributed by atoms with Crippen LogP contribution in [0.5, 0.6) is 0 Å². The summed E-state index contributed by atoms with van der Waals surface area (Å²) in [5.74, 6) is -0.243. The molecule has 0 fully saturated rings. The predicted molar refractivity (Wildman–Crippen MR) is 63.6 cm³/mol. The van der Waals surface area contributed by atoms with Crippen molar-refractivity contribution in [1.82, 2.24) is 0 Å². The van der Waals surface area contributed by atoms with Gasteiger partial charge < -0.3 is 9.11 Å².